The molecule has 162 valence electrons. The second-order valence-electron chi connectivity index (χ2n) is 8.03. The Labute approximate surface area is 181 Å². The molecular weight excluding hydrogens is 396 g/mol. The lowest BCUT2D eigenvalue weighted by Gasteiger charge is -2.17. The molecule has 0 saturated heterocycles. The fourth-order valence-electron chi connectivity index (χ4n) is 3.73. The zero-order chi connectivity index (χ0) is 21.3. The highest BCUT2D eigenvalue weighted by Gasteiger charge is 2.16. The van der Waals surface area contributed by atoms with Crippen LogP contribution in [0.2, 0.25) is 0 Å². The molecule has 4 N–H and O–H groups in total. The van der Waals surface area contributed by atoms with Gasteiger partial charge >= 0.3 is 4.87 Å². The molecule has 0 aliphatic carbocycles. The molecule has 5 nitrogen and oxygen atoms in total. The quantitative estimate of drug-likeness (QED) is 0.349. The average molecular weight is 429 g/mol. The third-order valence-electron chi connectivity index (χ3n) is 5.57. The van der Waals surface area contributed by atoms with E-state index in [2.05, 4.69) is 36.2 Å². The Balaban J connectivity index is 1.32. The predicted molar refractivity (Wildman–Crippen MR) is 124 cm³/mol. The summed E-state index contributed by atoms with van der Waals surface area (Å²) in [7, 11) is 0. The number of nitrogens with one attached hydrogen (secondary N) is 1. The van der Waals surface area contributed by atoms with Crippen molar-refractivity contribution in [1.29, 1.82) is 0 Å². The number of aromatic nitrogens is 1. The molecule has 3 aromatic rings. The Hall–Kier alpha value is -2.15. The lowest BCUT2D eigenvalue weighted by Crippen LogP contribution is -2.12. The first-order valence-corrected chi connectivity index (χ1v) is 11.6. The van der Waals surface area contributed by atoms with E-state index >= 15 is 0 Å². The molecule has 1 heterocycles. The van der Waals surface area contributed by atoms with E-state index in [9.17, 15) is 9.90 Å². The van der Waals surface area contributed by atoms with Crippen LogP contribution in [0.15, 0.2) is 47.3 Å². The van der Waals surface area contributed by atoms with Crippen molar-refractivity contribution in [1.82, 2.24) is 4.98 Å². The van der Waals surface area contributed by atoms with Crippen LogP contribution >= 0.6 is 11.3 Å². The first-order chi connectivity index (χ1) is 14.5. The van der Waals surface area contributed by atoms with E-state index in [-0.39, 0.29) is 16.7 Å². The second kappa shape index (κ2) is 11.3. The molecule has 0 fully saturated rings. The first kappa shape index (κ1) is 22.5. The summed E-state index contributed by atoms with van der Waals surface area (Å²) in [6.45, 7) is 3.86. The summed E-state index contributed by atoms with van der Waals surface area (Å²) in [5, 5.41) is 9.93. The Morgan fingerprint density at radius 2 is 1.87 bits per heavy atom. The van der Waals surface area contributed by atoms with E-state index < -0.39 is 0 Å². The summed E-state index contributed by atoms with van der Waals surface area (Å²) in [5.41, 5.74) is 9.17. The minimum atomic E-state index is -0.167. The fraction of sp³-hybridized carbons (Fsp3) is 0.458. The number of nitrogens with two attached hydrogens (primary N) is 1. The molecule has 0 bridgehead atoms. The van der Waals surface area contributed by atoms with Crippen molar-refractivity contribution in [2.24, 2.45) is 11.7 Å². The van der Waals surface area contributed by atoms with E-state index in [1.165, 1.54) is 5.56 Å². The minimum Gasteiger partial charge on any atom is -0.506 e. The summed E-state index contributed by atoms with van der Waals surface area (Å²) >= 11 is 1.11. The Kier molecular flexibility index (Phi) is 8.49. The van der Waals surface area contributed by atoms with E-state index in [4.69, 9.17) is 10.5 Å². The van der Waals surface area contributed by atoms with Gasteiger partial charge in [0.1, 0.15) is 11.3 Å². The van der Waals surface area contributed by atoms with Crippen molar-refractivity contribution < 1.29 is 9.84 Å². The van der Waals surface area contributed by atoms with Crippen LogP contribution in [0.4, 0.5) is 0 Å². The average Bonchev–Trinajstić information content (AvgIpc) is 3.14. The number of rotatable bonds is 12. The van der Waals surface area contributed by atoms with Crippen LogP contribution in [0.1, 0.15) is 56.2 Å². The molecule has 0 aliphatic rings. The number of benzene rings is 2. The predicted octanol–water partition coefficient (Wildman–Crippen LogP) is 5.14. The summed E-state index contributed by atoms with van der Waals surface area (Å²) in [6.07, 6.45) is 6.27. The monoisotopic (exact) mass is 428 g/mol. The van der Waals surface area contributed by atoms with Gasteiger partial charge in [-0.2, -0.15) is 0 Å². The lowest BCUT2D eigenvalue weighted by atomic mass is 9.94. The molecule has 2 atom stereocenters. The Morgan fingerprint density at radius 3 is 2.67 bits per heavy atom. The zero-order valence-electron chi connectivity index (χ0n) is 17.6. The van der Waals surface area contributed by atoms with Gasteiger partial charge in [0.25, 0.3) is 0 Å². The summed E-state index contributed by atoms with van der Waals surface area (Å²) < 4.78 is 6.53. The van der Waals surface area contributed by atoms with Crippen molar-refractivity contribution >= 4 is 21.6 Å². The van der Waals surface area contributed by atoms with Gasteiger partial charge in [-0.15, -0.1) is 0 Å². The highest BCUT2D eigenvalue weighted by molar-refractivity contribution is 7.16. The minimum absolute atomic E-state index is 0.0960. The van der Waals surface area contributed by atoms with Crippen molar-refractivity contribution in [3.05, 3.63) is 63.3 Å². The molecule has 2 unspecified atom stereocenters. The maximum absolute atomic E-state index is 11.7. The molecule has 0 amide bonds. The smallest absolute Gasteiger partial charge is 0.305 e. The zero-order valence-corrected chi connectivity index (χ0v) is 18.4. The van der Waals surface area contributed by atoms with Crippen LogP contribution in [-0.2, 0) is 11.2 Å². The first-order valence-electron chi connectivity index (χ1n) is 10.8. The SMILES string of the molecule is CC(CCCCOCCc1ccccc1)CCC(N)c1ccc(O)c2[nH]c(=O)sc12. The largest absolute Gasteiger partial charge is 0.506 e. The highest BCUT2D eigenvalue weighted by atomic mass is 32.1. The van der Waals surface area contributed by atoms with E-state index in [0.29, 0.717) is 11.4 Å². The van der Waals surface area contributed by atoms with E-state index in [0.717, 1.165) is 73.3 Å². The number of thiazole rings is 1. The van der Waals surface area contributed by atoms with Gasteiger partial charge in [-0.3, -0.25) is 4.79 Å². The third-order valence-corrected chi connectivity index (χ3v) is 6.50. The number of unbranched alkanes of at least 4 members (excludes halogenated alkanes) is 1. The molecule has 1 aromatic heterocycles. The van der Waals surface area contributed by atoms with Crippen molar-refractivity contribution in [3.63, 3.8) is 0 Å². The molecule has 0 saturated carbocycles. The van der Waals surface area contributed by atoms with Gasteiger partial charge in [-0.25, -0.2) is 0 Å². The standard InChI is InChI=1S/C24H32N2O3S/c1-17(7-5-6-15-29-16-14-18-8-3-2-4-9-18)10-12-20(25)19-11-13-21(27)22-23(19)30-24(28)26-22/h2-4,8-9,11,13,17,20,27H,5-7,10,12,14-16,25H2,1H3,(H,26,28). The number of aromatic amines is 1. The van der Waals surface area contributed by atoms with Gasteiger partial charge in [0.15, 0.2) is 0 Å². The number of fused-ring (bicyclic) bond motifs is 1. The maximum atomic E-state index is 11.7. The molecule has 0 radical (unpaired) electrons. The van der Waals surface area contributed by atoms with Crippen molar-refractivity contribution in [3.8, 4) is 5.75 Å². The second-order valence-corrected chi connectivity index (χ2v) is 9.01. The van der Waals surface area contributed by atoms with E-state index in [1.54, 1.807) is 6.07 Å². The lowest BCUT2D eigenvalue weighted by molar-refractivity contribution is 0.132. The third kappa shape index (κ3) is 6.42. The maximum Gasteiger partial charge on any atom is 0.305 e. The number of aromatic hydroxyl groups is 1. The fourth-order valence-corrected chi connectivity index (χ4v) is 4.66. The molecule has 2 aromatic carbocycles. The van der Waals surface area contributed by atoms with Gasteiger partial charge in [0.2, 0.25) is 0 Å². The topological polar surface area (TPSA) is 88.3 Å². The van der Waals surface area contributed by atoms with Crippen LogP contribution in [0.25, 0.3) is 10.2 Å². The molecule has 3 rings (SSSR count). The number of phenols is 1. The van der Waals surface area contributed by atoms with Gasteiger partial charge in [-0.1, -0.05) is 67.5 Å². The van der Waals surface area contributed by atoms with Crippen molar-refractivity contribution in [2.45, 2.75) is 51.5 Å². The Morgan fingerprint density at radius 1 is 1.07 bits per heavy atom. The number of H-pyrrole nitrogens is 1. The van der Waals surface area contributed by atoms with Crippen molar-refractivity contribution in [2.75, 3.05) is 13.2 Å². The summed E-state index contributed by atoms with van der Waals surface area (Å²) in [4.78, 5) is 14.2. The summed E-state index contributed by atoms with van der Waals surface area (Å²) in [5.74, 6) is 0.691. The highest BCUT2D eigenvalue weighted by Crippen LogP contribution is 2.32. The Bertz CT molecular complexity index is 967. The molecule has 6 heteroatoms. The number of hydrogen-bond donors (Lipinski definition) is 3. The molecule has 0 spiro atoms. The molecule has 30 heavy (non-hydrogen) atoms. The summed E-state index contributed by atoms with van der Waals surface area (Å²) in [6, 6.07) is 13.7. The van der Waals surface area contributed by atoms with Crippen LogP contribution in [-0.4, -0.2) is 23.3 Å². The normalized spacial score (nSPS) is 13.5. The van der Waals surface area contributed by atoms with Gasteiger partial charge in [0.05, 0.1) is 11.3 Å². The van der Waals surface area contributed by atoms with Gasteiger partial charge in [0, 0.05) is 12.6 Å². The van der Waals surface area contributed by atoms with E-state index in [1.807, 2.05) is 12.1 Å². The molecular formula is C24H32N2O3S. The van der Waals surface area contributed by atoms with Crippen LogP contribution in [0.5, 0.6) is 5.75 Å². The number of ether oxygens (including phenoxy) is 1. The van der Waals surface area contributed by atoms with Crippen LogP contribution < -0.4 is 10.6 Å². The number of phenolic OH excluding ortho intramolecular Hbond substituents is 1. The van der Waals surface area contributed by atoms with Gasteiger partial charge in [-0.05, 0) is 48.8 Å². The molecule has 0 aliphatic heterocycles. The van der Waals surface area contributed by atoms with Crippen LogP contribution in [0, 0.1) is 5.92 Å². The van der Waals surface area contributed by atoms with Crippen LogP contribution in [0.3, 0.4) is 0 Å². The van der Waals surface area contributed by atoms with Gasteiger partial charge < -0.3 is 20.6 Å². The number of hydrogen-bond acceptors (Lipinski definition) is 5.